The average molecular weight is 307 g/mol. The van der Waals surface area contributed by atoms with Crippen molar-refractivity contribution in [3.05, 3.63) is 48.0 Å². The van der Waals surface area contributed by atoms with Gasteiger partial charge in [0.25, 0.3) is 5.91 Å². The maximum absolute atomic E-state index is 12.7. The van der Waals surface area contributed by atoms with Crippen LogP contribution < -0.4 is 10.1 Å². The molecular formula is C15H18FN3O3. The fourth-order valence-corrected chi connectivity index (χ4v) is 1.75. The van der Waals surface area contributed by atoms with Crippen molar-refractivity contribution in [3.63, 3.8) is 0 Å². The van der Waals surface area contributed by atoms with E-state index in [9.17, 15) is 14.3 Å². The van der Waals surface area contributed by atoms with Gasteiger partial charge in [-0.2, -0.15) is 5.10 Å². The van der Waals surface area contributed by atoms with Crippen LogP contribution in [-0.4, -0.2) is 40.0 Å². The van der Waals surface area contributed by atoms with Crippen LogP contribution >= 0.6 is 0 Å². The molecule has 2 N–H and O–H groups in total. The molecule has 2 rings (SSSR count). The van der Waals surface area contributed by atoms with Crippen LogP contribution in [0.25, 0.3) is 0 Å². The molecule has 0 spiro atoms. The number of hydrogen-bond acceptors (Lipinski definition) is 4. The van der Waals surface area contributed by atoms with Crippen LogP contribution in [0.15, 0.2) is 36.7 Å². The van der Waals surface area contributed by atoms with Crippen LogP contribution in [-0.2, 0) is 6.54 Å². The summed E-state index contributed by atoms with van der Waals surface area (Å²) in [6.45, 7) is 2.66. The number of halogens is 1. The molecule has 1 aromatic carbocycles. The number of aromatic nitrogens is 2. The molecule has 0 saturated heterocycles. The smallest absolute Gasteiger partial charge is 0.254 e. The summed E-state index contributed by atoms with van der Waals surface area (Å²) in [6, 6.07) is 5.49. The highest BCUT2D eigenvalue weighted by atomic mass is 19.1. The maximum Gasteiger partial charge on any atom is 0.254 e. The first-order valence-electron chi connectivity index (χ1n) is 6.95. The average Bonchev–Trinajstić information content (AvgIpc) is 3.01. The van der Waals surface area contributed by atoms with Gasteiger partial charge < -0.3 is 15.2 Å². The number of carbonyl (C=O) groups excluding carboxylic acids is 1. The van der Waals surface area contributed by atoms with E-state index in [0.29, 0.717) is 17.9 Å². The summed E-state index contributed by atoms with van der Waals surface area (Å²) >= 11 is 0. The Bertz CT molecular complexity index is 613. The molecule has 0 radical (unpaired) electrons. The molecule has 118 valence electrons. The summed E-state index contributed by atoms with van der Waals surface area (Å²) in [6.07, 6.45) is 2.24. The van der Waals surface area contributed by atoms with E-state index in [4.69, 9.17) is 4.74 Å². The van der Waals surface area contributed by atoms with Crippen molar-refractivity contribution < 1.29 is 19.0 Å². The van der Waals surface area contributed by atoms with Crippen molar-refractivity contribution in [3.8, 4) is 5.75 Å². The second kappa shape index (κ2) is 7.56. The molecule has 0 aliphatic rings. The summed E-state index contributed by atoms with van der Waals surface area (Å²) in [5.74, 6) is -0.204. The number of carbonyl (C=O) groups is 1. The van der Waals surface area contributed by atoms with Crippen LogP contribution in [0.2, 0.25) is 0 Å². The fourth-order valence-electron chi connectivity index (χ4n) is 1.75. The molecule has 0 aliphatic heterocycles. The predicted molar refractivity (Wildman–Crippen MR) is 78.1 cm³/mol. The SMILES string of the molecule is CCn1cc(C(=O)NCC(O)COc2ccc(F)cc2)cn1. The van der Waals surface area contributed by atoms with Crippen LogP contribution in [0.4, 0.5) is 4.39 Å². The molecule has 0 bridgehead atoms. The van der Waals surface area contributed by atoms with Crippen molar-refractivity contribution in [1.29, 1.82) is 0 Å². The van der Waals surface area contributed by atoms with E-state index < -0.39 is 6.10 Å². The second-order valence-electron chi connectivity index (χ2n) is 4.71. The van der Waals surface area contributed by atoms with E-state index in [2.05, 4.69) is 10.4 Å². The molecule has 7 heteroatoms. The van der Waals surface area contributed by atoms with Gasteiger partial charge in [-0.1, -0.05) is 0 Å². The van der Waals surface area contributed by atoms with E-state index in [-0.39, 0.29) is 24.9 Å². The highest BCUT2D eigenvalue weighted by molar-refractivity contribution is 5.93. The molecule has 1 unspecified atom stereocenters. The number of ether oxygens (including phenoxy) is 1. The van der Waals surface area contributed by atoms with E-state index in [1.165, 1.54) is 30.5 Å². The van der Waals surface area contributed by atoms with Crippen molar-refractivity contribution in [1.82, 2.24) is 15.1 Å². The summed E-state index contributed by atoms with van der Waals surface area (Å²) in [5.41, 5.74) is 0.438. The molecule has 1 aromatic heterocycles. The number of aliphatic hydroxyl groups is 1. The van der Waals surface area contributed by atoms with Gasteiger partial charge in [0.2, 0.25) is 0 Å². The van der Waals surface area contributed by atoms with Gasteiger partial charge >= 0.3 is 0 Å². The third-order valence-corrected chi connectivity index (χ3v) is 2.97. The summed E-state index contributed by atoms with van der Waals surface area (Å²) in [4.78, 5) is 11.8. The minimum Gasteiger partial charge on any atom is -0.491 e. The number of amides is 1. The Labute approximate surface area is 127 Å². The summed E-state index contributed by atoms with van der Waals surface area (Å²) in [5, 5.41) is 16.4. The van der Waals surface area contributed by atoms with E-state index in [1.54, 1.807) is 10.9 Å². The van der Waals surface area contributed by atoms with Gasteiger partial charge in [-0.25, -0.2) is 4.39 Å². The van der Waals surface area contributed by atoms with Gasteiger partial charge in [0.15, 0.2) is 0 Å². The first-order valence-corrected chi connectivity index (χ1v) is 6.95. The largest absolute Gasteiger partial charge is 0.491 e. The van der Waals surface area contributed by atoms with Crippen molar-refractivity contribution in [2.75, 3.05) is 13.2 Å². The summed E-state index contributed by atoms with van der Waals surface area (Å²) < 4.78 is 19.7. The monoisotopic (exact) mass is 307 g/mol. The number of nitrogens with one attached hydrogen (secondary N) is 1. The molecule has 6 nitrogen and oxygen atoms in total. The van der Waals surface area contributed by atoms with E-state index in [0.717, 1.165) is 0 Å². The second-order valence-corrected chi connectivity index (χ2v) is 4.71. The van der Waals surface area contributed by atoms with Gasteiger partial charge in [-0.05, 0) is 31.2 Å². The lowest BCUT2D eigenvalue weighted by molar-refractivity contribution is 0.0843. The first-order chi connectivity index (χ1) is 10.6. The standard InChI is InChI=1S/C15H18FN3O3/c1-2-19-9-11(7-18-19)15(21)17-8-13(20)10-22-14-5-3-12(16)4-6-14/h3-7,9,13,20H,2,8,10H2,1H3,(H,17,21). The Hall–Kier alpha value is -2.41. The molecule has 1 atom stereocenters. The normalized spacial score (nSPS) is 12.0. The van der Waals surface area contributed by atoms with Crippen LogP contribution in [0.3, 0.4) is 0 Å². The zero-order chi connectivity index (χ0) is 15.9. The molecule has 0 fully saturated rings. The van der Waals surface area contributed by atoms with Crippen LogP contribution in [0.1, 0.15) is 17.3 Å². The highest BCUT2D eigenvalue weighted by Gasteiger charge is 2.11. The minimum absolute atomic E-state index is 0.000133. The Morgan fingerprint density at radius 3 is 2.82 bits per heavy atom. The van der Waals surface area contributed by atoms with Gasteiger partial charge in [0.1, 0.15) is 24.3 Å². The highest BCUT2D eigenvalue weighted by Crippen LogP contribution is 2.11. The predicted octanol–water partition coefficient (Wildman–Crippen LogP) is 1.21. The third-order valence-electron chi connectivity index (χ3n) is 2.97. The lowest BCUT2D eigenvalue weighted by atomic mass is 10.3. The lowest BCUT2D eigenvalue weighted by Crippen LogP contribution is -2.35. The lowest BCUT2D eigenvalue weighted by Gasteiger charge is -2.13. The van der Waals surface area contributed by atoms with Crippen LogP contribution in [0.5, 0.6) is 5.75 Å². The number of nitrogens with zero attached hydrogens (tertiary/aromatic N) is 2. The Balaban J connectivity index is 1.73. The van der Waals surface area contributed by atoms with Crippen LogP contribution in [0, 0.1) is 5.82 Å². The van der Waals surface area contributed by atoms with Crippen molar-refractivity contribution in [2.45, 2.75) is 19.6 Å². The molecule has 0 saturated carbocycles. The maximum atomic E-state index is 12.7. The Morgan fingerprint density at radius 2 is 2.18 bits per heavy atom. The van der Waals surface area contributed by atoms with E-state index >= 15 is 0 Å². The third kappa shape index (κ3) is 4.56. The fraction of sp³-hybridized carbons (Fsp3) is 0.333. The molecule has 1 amide bonds. The number of hydrogen-bond donors (Lipinski definition) is 2. The zero-order valence-electron chi connectivity index (χ0n) is 12.2. The van der Waals surface area contributed by atoms with Crippen molar-refractivity contribution in [2.24, 2.45) is 0 Å². The Morgan fingerprint density at radius 1 is 1.45 bits per heavy atom. The Kier molecular flexibility index (Phi) is 5.48. The van der Waals surface area contributed by atoms with Gasteiger partial charge in [-0.15, -0.1) is 0 Å². The quantitative estimate of drug-likeness (QED) is 0.806. The molecule has 22 heavy (non-hydrogen) atoms. The molecule has 2 aromatic rings. The number of aryl methyl sites for hydroxylation is 1. The minimum atomic E-state index is -0.866. The van der Waals surface area contributed by atoms with Crippen molar-refractivity contribution >= 4 is 5.91 Å². The number of rotatable bonds is 7. The topological polar surface area (TPSA) is 76.4 Å². The van der Waals surface area contributed by atoms with Gasteiger partial charge in [-0.3, -0.25) is 9.48 Å². The number of benzene rings is 1. The number of aliphatic hydroxyl groups excluding tert-OH is 1. The van der Waals surface area contributed by atoms with E-state index in [1.807, 2.05) is 6.92 Å². The zero-order valence-corrected chi connectivity index (χ0v) is 12.2. The van der Waals surface area contributed by atoms with Gasteiger partial charge in [0.05, 0.1) is 11.8 Å². The molecule has 1 heterocycles. The first kappa shape index (κ1) is 16.0. The molecule has 0 aliphatic carbocycles. The van der Waals surface area contributed by atoms with Gasteiger partial charge in [0, 0.05) is 19.3 Å². The molecular weight excluding hydrogens is 289 g/mol. The summed E-state index contributed by atoms with van der Waals surface area (Å²) in [7, 11) is 0.